The molecule has 6 atom stereocenters. The van der Waals surface area contributed by atoms with Crippen LogP contribution in [0.5, 0.6) is 0 Å². The minimum atomic E-state index is -1.59. The van der Waals surface area contributed by atoms with E-state index < -0.39 is 55.4 Å². The van der Waals surface area contributed by atoms with Gasteiger partial charge in [0.25, 0.3) is 0 Å². The van der Waals surface area contributed by atoms with Crippen LogP contribution in [0.15, 0.2) is 12.2 Å². The first-order chi connectivity index (χ1) is 22.8. The molecule has 4 N–H and O–H groups in total. The Labute approximate surface area is 284 Å². The van der Waals surface area contributed by atoms with Crippen molar-refractivity contribution < 1.29 is 49.0 Å². The second-order valence-electron chi connectivity index (χ2n) is 13.1. The first-order valence-corrected chi connectivity index (χ1v) is 18.7. The Balaban J connectivity index is 2.03. The van der Waals surface area contributed by atoms with Crippen LogP contribution in [0.1, 0.15) is 155 Å². The fraction of sp³-hybridized carbons (Fsp3) is 0.892. The van der Waals surface area contributed by atoms with E-state index in [4.69, 9.17) is 18.9 Å². The quantitative estimate of drug-likeness (QED) is 0.0381. The summed E-state index contributed by atoms with van der Waals surface area (Å²) in [6, 6.07) is 0. The fourth-order valence-corrected chi connectivity index (χ4v) is 5.73. The number of allylic oxidation sites excluding steroid dienone is 2. The smallest absolute Gasteiger partial charge is 0.306 e. The third-order valence-electron chi connectivity index (χ3n) is 8.71. The predicted octanol–water partition coefficient (Wildman–Crippen LogP) is 6.44. The molecule has 1 saturated heterocycles. The number of carbonyl (C=O) groups is 2. The number of hydrogen-bond acceptors (Lipinski definition) is 10. The molecule has 1 fully saturated rings. The van der Waals surface area contributed by atoms with Gasteiger partial charge in [-0.2, -0.15) is 0 Å². The molecule has 0 aromatic heterocycles. The number of unbranched alkanes of at least 4 members (excludes halogenated alkanes) is 19. The van der Waals surface area contributed by atoms with Crippen molar-refractivity contribution in [3.05, 3.63) is 12.2 Å². The zero-order chi connectivity index (χ0) is 34.5. The van der Waals surface area contributed by atoms with Crippen LogP contribution >= 0.6 is 0 Å². The van der Waals surface area contributed by atoms with Gasteiger partial charge in [-0.1, -0.05) is 122 Å². The van der Waals surface area contributed by atoms with Gasteiger partial charge in [-0.3, -0.25) is 9.59 Å². The van der Waals surface area contributed by atoms with E-state index in [0.717, 1.165) is 19.3 Å². The van der Waals surface area contributed by atoms with Gasteiger partial charge >= 0.3 is 11.9 Å². The molecule has 1 rings (SSSR count). The van der Waals surface area contributed by atoms with Crippen molar-refractivity contribution in [3.8, 4) is 0 Å². The zero-order valence-corrected chi connectivity index (χ0v) is 29.5. The molecule has 0 amide bonds. The van der Waals surface area contributed by atoms with E-state index in [2.05, 4.69) is 19.1 Å². The van der Waals surface area contributed by atoms with E-state index in [1.165, 1.54) is 116 Å². The van der Waals surface area contributed by atoms with Gasteiger partial charge in [0.15, 0.2) is 12.4 Å². The Morgan fingerprint density at radius 1 is 0.681 bits per heavy atom. The van der Waals surface area contributed by atoms with Gasteiger partial charge < -0.3 is 39.4 Å². The molecule has 47 heavy (non-hydrogen) atoms. The second kappa shape index (κ2) is 29.4. The maximum Gasteiger partial charge on any atom is 0.306 e. The number of carbonyl (C=O) groups excluding carboxylic acids is 2. The van der Waals surface area contributed by atoms with E-state index in [-0.39, 0.29) is 19.6 Å². The highest BCUT2D eigenvalue weighted by atomic mass is 16.7. The zero-order valence-electron chi connectivity index (χ0n) is 29.5. The van der Waals surface area contributed by atoms with Gasteiger partial charge in [0.2, 0.25) is 0 Å². The lowest BCUT2D eigenvalue weighted by Gasteiger charge is -2.39. The number of ether oxygens (including phenoxy) is 4. The topological polar surface area (TPSA) is 152 Å². The van der Waals surface area contributed by atoms with Crippen LogP contribution in [-0.4, -0.2) is 89.0 Å². The molecule has 276 valence electrons. The summed E-state index contributed by atoms with van der Waals surface area (Å²) in [5.74, 6) is -0.996. The summed E-state index contributed by atoms with van der Waals surface area (Å²) in [6.07, 6.45) is 23.2. The van der Waals surface area contributed by atoms with Crippen molar-refractivity contribution in [1.82, 2.24) is 0 Å². The lowest BCUT2D eigenvalue weighted by molar-refractivity contribution is -0.305. The fourth-order valence-electron chi connectivity index (χ4n) is 5.73. The van der Waals surface area contributed by atoms with E-state index in [1.54, 1.807) is 0 Å². The monoisotopic (exact) mass is 672 g/mol. The van der Waals surface area contributed by atoms with Gasteiger partial charge in [-0.25, -0.2) is 0 Å². The summed E-state index contributed by atoms with van der Waals surface area (Å²) in [5.41, 5.74) is 0. The van der Waals surface area contributed by atoms with Gasteiger partial charge in [0.05, 0.1) is 13.2 Å². The summed E-state index contributed by atoms with van der Waals surface area (Å²) in [7, 11) is 0. The highest BCUT2D eigenvalue weighted by Gasteiger charge is 2.44. The van der Waals surface area contributed by atoms with Crippen molar-refractivity contribution in [2.24, 2.45) is 0 Å². The number of aliphatic hydroxyl groups excluding tert-OH is 4. The third kappa shape index (κ3) is 22.7. The Hall–Kier alpha value is -1.56. The normalized spacial score (nSPS) is 22.0. The highest BCUT2D eigenvalue weighted by Crippen LogP contribution is 2.22. The average Bonchev–Trinajstić information content (AvgIpc) is 3.05. The van der Waals surface area contributed by atoms with Crippen LogP contribution in [0.3, 0.4) is 0 Å². The Morgan fingerprint density at radius 2 is 1.17 bits per heavy atom. The van der Waals surface area contributed by atoms with Crippen LogP contribution in [0.2, 0.25) is 0 Å². The Kier molecular flexibility index (Phi) is 27.2. The number of hydrogen-bond donors (Lipinski definition) is 4. The summed E-state index contributed by atoms with van der Waals surface area (Å²) >= 11 is 0. The minimum absolute atomic E-state index is 0.227. The van der Waals surface area contributed by atoms with Gasteiger partial charge in [-0.15, -0.1) is 0 Å². The maximum atomic E-state index is 12.4. The summed E-state index contributed by atoms with van der Waals surface area (Å²) in [4.78, 5) is 23.7. The molecule has 10 heteroatoms. The van der Waals surface area contributed by atoms with Crippen molar-refractivity contribution in [2.45, 2.75) is 192 Å². The largest absolute Gasteiger partial charge is 0.462 e. The van der Waals surface area contributed by atoms with Crippen LogP contribution in [0.25, 0.3) is 0 Å². The molecule has 6 unspecified atom stereocenters. The molecule has 0 radical (unpaired) electrons. The molecule has 1 heterocycles. The lowest BCUT2D eigenvalue weighted by atomic mass is 9.99. The standard InChI is InChI=1S/C37H68O10/c1-3-4-5-6-7-8-9-10-11-12-13-14-15-16-17-18-19-20-21-22-23-24-25-26-33(40)46-31(28-44-30(2)39)29-45-37-36(43)35(42)34(41)32(27-38)47-37/h12-13,31-32,34-38,41-43H,3-11,14-29H2,1-2H3/b13-12-. The molecule has 0 bridgehead atoms. The van der Waals surface area contributed by atoms with Crippen molar-refractivity contribution in [2.75, 3.05) is 19.8 Å². The molecular weight excluding hydrogens is 604 g/mol. The van der Waals surface area contributed by atoms with Crippen molar-refractivity contribution in [1.29, 1.82) is 0 Å². The van der Waals surface area contributed by atoms with Gasteiger partial charge in [-0.05, 0) is 32.1 Å². The molecular formula is C37H68O10. The van der Waals surface area contributed by atoms with E-state index in [0.29, 0.717) is 6.42 Å². The molecule has 0 saturated carbocycles. The molecule has 1 aliphatic heterocycles. The predicted molar refractivity (Wildman–Crippen MR) is 183 cm³/mol. The lowest BCUT2D eigenvalue weighted by Crippen LogP contribution is -2.59. The van der Waals surface area contributed by atoms with E-state index in [1.807, 2.05) is 0 Å². The molecule has 0 aliphatic carbocycles. The Morgan fingerprint density at radius 3 is 1.66 bits per heavy atom. The number of esters is 2. The molecule has 0 aromatic carbocycles. The van der Waals surface area contributed by atoms with Crippen LogP contribution in [-0.2, 0) is 28.5 Å². The van der Waals surface area contributed by atoms with Gasteiger partial charge in [0, 0.05) is 13.3 Å². The van der Waals surface area contributed by atoms with Crippen molar-refractivity contribution >= 4 is 11.9 Å². The molecule has 1 aliphatic rings. The molecule has 10 nitrogen and oxygen atoms in total. The molecule has 0 aromatic rings. The minimum Gasteiger partial charge on any atom is -0.462 e. The van der Waals surface area contributed by atoms with E-state index >= 15 is 0 Å². The van der Waals surface area contributed by atoms with E-state index in [9.17, 15) is 30.0 Å². The van der Waals surface area contributed by atoms with Crippen LogP contribution in [0, 0.1) is 0 Å². The highest BCUT2D eigenvalue weighted by molar-refractivity contribution is 5.69. The summed E-state index contributed by atoms with van der Waals surface area (Å²) in [5, 5.41) is 39.3. The Bertz CT molecular complexity index is 789. The van der Waals surface area contributed by atoms with Crippen LogP contribution in [0.4, 0.5) is 0 Å². The first-order valence-electron chi connectivity index (χ1n) is 18.7. The summed E-state index contributed by atoms with van der Waals surface area (Å²) < 4.78 is 21.2. The second-order valence-corrected chi connectivity index (χ2v) is 13.1. The average molecular weight is 673 g/mol. The van der Waals surface area contributed by atoms with Gasteiger partial charge in [0.1, 0.15) is 31.0 Å². The van der Waals surface area contributed by atoms with Crippen LogP contribution < -0.4 is 0 Å². The maximum absolute atomic E-state index is 12.4. The molecule has 0 spiro atoms. The summed E-state index contributed by atoms with van der Waals surface area (Å²) in [6.45, 7) is 2.39. The number of rotatable bonds is 30. The number of aliphatic hydroxyl groups is 4. The SMILES string of the molecule is CCCCCCCCCC/C=C\CCCCCCCCCCCCCC(=O)OC(COC(C)=O)COC1OC(CO)C(O)C(O)C1O. The first kappa shape index (κ1) is 43.5. The van der Waals surface area contributed by atoms with Crippen molar-refractivity contribution in [3.63, 3.8) is 0 Å². The third-order valence-corrected chi connectivity index (χ3v) is 8.71.